The van der Waals surface area contributed by atoms with Crippen LogP contribution >= 0.6 is 0 Å². The van der Waals surface area contributed by atoms with E-state index in [1.807, 2.05) is 0 Å². The predicted molar refractivity (Wildman–Crippen MR) is 82.4 cm³/mol. The van der Waals surface area contributed by atoms with Crippen molar-refractivity contribution in [3.05, 3.63) is 27.9 Å². The molecule has 1 aromatic rings. The van der Waals surface area contributed by atoms with E-state index in [2.05, 4.69) is 4.98 Å². The maximum Gasteiger partial charge on any atom is 0.256 e. The first-order valence-electron chi connectivity index (χ1n) is 7.19. The number of piperidine rings is 1. The van der Waals surface area contributed by atoms with Gasteiger partial charge in [-0.05, 0) is 26.7 Å². The van der Waals surface area contributed by atoms with Gasteiger partial charge in [0.2, 0.25) is 5.91 Å². The smallest absolute Gasteiger partial charge is 0.256 e. The van der Waals surface area contributed by atoms with Crippen molar-refractivity contribution in [1.82, 2.24) is 14.5 Å². The number of hydrogen-bond donors (Lipinski definition) is 0. The van der Waals surface area contributed by atoms with E-state index < -0.39 is 9.84 Å². The van der Waals surface area contributed by atoms with Gasteiger partial charge in [-0.1, -0.05) is 0 Å². The zero-order valence-electron chi connectivity index (χ0n) is 13.1. The molecule has 1 amide bonds. The van der Waals surface area contributed by atoms with Crippen LogP contribution in [0.4, 0.5) is 0 Å². The van der Waals surface area contributed by atoms with Gasteiger partial charge in [0.25, 0.3) is 5.56 Å². The third-order valence-electron chi connectivity index (χ3n) is 4.22. The molecule has 1 aliphatic heterocycles. The lowest BCUT2D eigenvalue weighted by Gasteiger charge is -2.31. The van der Waals surface area contributed by atoms with Crippen LogP contribution in [0, 0.1) is 13.8 Å². The molecule has 2 rings (SSSR count). The number of likely N-dealkylation sites (tertiary alicyclic amines) is 1. The highest BCUT2D eigenvalue weighted by atomic mass is 32.2. The highest BCUT2D eigenvalue weighted by molar-refractivity contribution is 7.91. The summed E-state index contributed by atoms with van der Waals surface area (Å²) < 4.78 is 24.3. The van der Waals surface area contributed by atoms with Crippen molar-refractivity contribution in [2.75, 3.05) is 19.3 Å². The molecule has 1 fully saturated rings. The normalized spacial score (nSPS) is 16.8. The monoisotopic (exact) mass is 327 g/mol. The molecule has 0 saturated carbocycles. The van der Waals surface area contributed by atoms with Gasteiger partial charge in [-0.3, -0.25) is 14.2 Å². The third kappa shape index (κ3) is 3.55. The molecule has 7 nitrogen and oxygen atoms in total. The Labute approximate surface area is 129 Å². The average molecular weight is 327 g/mol. The van der Waals surface area contributed by atoms with E-state index >= 15 is 0 Å². The maximum absolute atomic E-state index is 12.3. The minimum absolute atomic E-state index is 0.0590. The average Bonchev–Trinajstić information content (AvgIpc) is 2.47. The van der Waals surface area contributed by atoms with Crippen molar-refractivity contribution in [3.63, 3.8) is 0 Å². The third-order valence-corrected chi connectivity index (χ3v) is 5.90. The Kier molecular flexibility index (Phi) is 4.69. The molecule has 1 aromatic heterocycles. The van der Waals surface area contributed by atoms with Gasteiger partial charge in [0, 0.05) is 30.6 Å². The Morgan fingerprint density at radius 1 is 1.32 bits per heavy atom. The molecule has 0 unspecified atom stereocenters. The van der Waals surface area contributed by atoms with Gasteiger partial charge in [0.05, 0.1) is 11.6 Å². The number of carbonyl (C=O) groups excluding carboxylic acids is 1. The lowest BCUT2D eigenvalue weighted by molar-refractivity contribution is -0.132. The fourth-order valence-corrected chi connectivity index (χ4v) is 3.63. The van der Waals surface area contributed by atoms with E-state index in [0.29, 0.717) is 37.2 Å². The van der Waals surface area contributed by atoms with Crippen LogP contribution in [0.2, 0.25) is 0 Å². The van der Waals surface area contributed by atoms with Crippen LogP contribution in [-0.4, -0.2) is 53.4 Å². The molecule has 0 bridgehead atoms. The Bertz CT molecular complexity index is 731. The van der Waals surface area contributed by atoms with Crippen molar-refractivity contribution in [1.29, 1.82) is 0 Å². The lowest BCUT2D eigenvalue weighted by atomic mass is 10.1. The van der Waals surface area contributed by atoms with Gasteiger partial charge in [0.1, 0.15) is 16.4 Å². The molecule has 0 spiro atoms. The molecule has 2 heterocycles. The van der Waals surface area contributed by atoms with Crippen LogP contribution in [0.25, 0.3) is 0 Å². The molecule has 8 heteroatoms. The Morgan fingerprint density at radius 3 is 2.45 bits per heavy atom. The van der Waals surface area contributed by atoms with E-state index in [4.69, 9.17) is 0 Å². The van der Waals surface area contributed by atoms with E-state index in [0.717, 1.165) is 0 Å². The first-order chi connectivity index (χ1) is 10.2. The zero-order chi connectivity index (χ0) is 16.5. The summed E-state index contributed by atoms with van der Waals surface area (Å²) in [5, 5.41) is -0.373. The number of amides is 1. The van der Waals surface area contributed by atoms with Crippen LogP contribution < -0.4 is 5.56 Å². The van der Waals surface area contributed by atoms with Crippen molar-refractivity contribution in [2.45, 2.75) is 38.5 Å². The summed E-state index contributed by atoms with van der Waals surface area (Å²) in [6, 6.07) is 0. The summed E-state index contributed by atoms with van der Waals surface area (Å²) in [5.74, 6) is -0.181. The molecule has 0 aliphatic carbocycles. The van der Waals surface area contributed by atoms with Crippen molar-refractivity contribution < 1.29 is 13.2 Å². The van der Waals surface area contributed by atoms with Gasteiger partial charge < -0.3 is 4.90 Å². The van der Waals surface area contributed by atoms with Gasteiger partial charge in [-0.15, -0.1) is 0 Å². The molecule has 0 radical (unpaired) electrons. The molecule has 0 N–H and O–H groups in total. The SMILES string of the molecule is Cc1ncn(CC(=O)N2CCC(S(C)(=O)=O)CC2)c(=O)c1C. The summed E-state index contributed by atoms with van der Waals surface area (Å²) in [6.45, 7) is 4.19. The summed E-state index contributed by atoms with van der Waals surface area (Å²) in [5.41, 5.74) is 0.973. The number of aromatic nitrogens is 2. The molecule has 22 heavy (non-hydrogen) atoms. The maximum atomic E-state index is 12.3. The Balaban J connectivity index is 2.03. The highest BCUT2D eigenvalue weighted by Crippen LogP contribution is 2.17. The van der Waals surface area contributed by atoms with E-state index in [1.165, 1.54) is 17.2 Å². The summed E-state index contributed by atoms with van der Waals surface area (Å²) in [7, 11) is -3.05. The largest absolute Gasteiger partial charge is 0.341 e. The number of sulfone groups is 1. The van der Waals surface area contributed by atoms with Gasteiger partial charge >= 0.3 is 0 Å². The number of carbonyl (C=O) groups is 1. The zero-order valence-corrected chi connectivity index (χ0v) is 13.9. The van der Waals surface area contributed by atoms with Crippen molar-refractivity contribution in [3.8, 4) is 0 Å². The molecule has 122 valence electrons. The van der Waals surface area contributed by atoms with Crippen molar-refractivity contribution >= 4 is 15.7 Å². The molecule has 1 saturated heterocycles. The summed E-state index contributed by atoms with van der Waals surface area (Å²) in [6.07, 6.45) is 3.51. The van der Waals surface area contributed by atoms with E-state index in [9.17, 15) is 18.0 Å². The number of aryl methyl sites for hydroxylation is 1. The van der Waals surface area contributed by atoms with Gasteiger partial charge in [0.15, 0.2) is 0 Å². The van der Waals surface area contributed by atoms with Crippen LogP contribution in [0.3, 0.4) is 0 Å². The summed E-state index contributed by atoms with van der Waals surface area (Å²) in [4.78, 5) is 30.0. The molecule has 1 aliphatic rings. The highest BCUT2D eigenvalue weighted by Gasteiger charge is 2.28. The van der Waals surface area contributed by atoms with E-state index in [-0.39, 0.29) is 23.3 Å². The quantitative estimate of drug-likeness (QED) is 0.773. The van der Waals surface area contributed by atoms with E-state index in [1.54, 1.807) is 18.7 Å². The number of nitrogens with zero attached hydrogens (tertiary/aromatic N) is 3. The standard InChI is InChI=1S/C14H21N3O4S/c1-10-11(2)15-9-17(14(10)19)8-13(18)16-6-4-12(5-7-16)22(3,20)21/h9,12H,4-8H2,1-3H3. The minimum atomic E-state index is -3.05. The summed E-state index contributed by atoms with van der Waals surface area (Å²) >= 11 is 0. The van der Waals surface area contributed by atoms with Gasteiger partial charge in [-0.2, -0.15) is 0 Å². The fraction of sp³-hybridized carbons (Fsp3) is 0.643. The molecular weight excluding hydrogens is 306 g/mol. The Hall–Kier alpha value is -1.70. The first kappa shape index (κ1) is 16.7. The molecule has 0 atom stereocenters. The molecular formula is C14H21N3O4S. The number of hydrogen-bond acceptors (Lipinski definition) is 5. The van der Waals surface area contributed by atoms with Gasteiger partial charge in [-0.25, -0.2) is 13.4 Å². The lowest BCUT2D eigenvalue weighted by Crippen LogP contribution is -2.44. The van der Waals surface area contributed by atoms with Crippen LogP contribution in [0.5, 0.6) is 0 Å². The van der Waals surface area contributed by atoms with Crippen LogP contribution in [-0.2, 0) is 21.2 Å². The molecule has 0 aromatic carbocycles. The predicted octanol–water partition coefficient (Wildman–Crippen LogP) is -0.104. The first-order valence-corrected chi connectivity index (χ1v) is 9.15. The van der Waals surface area contributed by atoms with Crippen LogP contribution in [0.15, 0.2) is 11.1 Å². The number of rotatable bonds is 3. The second kappa shape index (κ2) is 6.20. The minimum Gasteiger partial charge on any atom is -0.341 e. The second-order valence-corrected chi connectivity index (χ2v) is 8.12. The van der Waals surface area contributed by atoms with Crippen LogP contribution in [0.1, 0.15) is 24.1 Å². The second-order valence-electron chi connectivity index (χ2n) is 5.80. The fourth-order valence-electron chi connectivity index (χ4n) is 2.57. The topological polar surface area (TPSA) is 89.3 Å². The van der Waals surface area contributed by atoms with Crippen molar-refractivity contribution in [2.24, 2.45) is 0 Å². The Morgan fingerprint density at radius 2 is 1.91 bits per heavy atom.